The highest BCUT2D eigenvalue weighted by Gasteiger charge is 2.04. The molecule has 0 amide bonds. The van der Waals surface area contributed by atoms with E-state index in [0.717, 1.165) is 47.3 Å². The predicted molar refractivity (Wildman–Crippen MR) is 123 cm³/mol. The van der Waals surface area contributed by atoms with Crippen molar-refractivity contribution in [2.24, 2.45) is 0 Å². The van der Waals surface area contributed by atoms with E-state index in [1.54, 1.807) is 6.08 Å². The molecule has 1 atom stereocenters. The van der Waals surface area contributed by atoms with Crippen LogP contribution < -0.4 is 4.74 Å². The third-order valence-corrected chi connectivity index (χ3v) is 4.68. The van der Waals surface area contributed by atoms with Gasteiger partial charge in [0.2, 0.25) is 0 Å². The quantitative estimate of drug-likeness (QED) is 0.338. The zero-order chi connectivity index (χ0) is 21.2. The second-order valence-corrected chi connectivity index (χ2v) is 7.22. The van der Waals surface area contributed by atoms with Crippen LogP contribution in [0.15, 0.2) is 79.7 Å². The summed E-state index contributed by atoms with van der Waals surface area (Å²) in [6, 6.07) is 16.1. The molecule has 3 rings (SSSR count). The average molecular weight is 401 g/mol. The number of ether oxygens (including phenoxy) is 1. The lowest BCUT2D eigenvalue weighted by atomic mass is 10.1. The van der Waals surface area contributed by atoms with Gasteiger partial charge in [0, 0.05) is 23.5 Å². The normalized spacial score (nSPS) is 12.1. The summed E-state index contributed by atoms with van der Waals surface area (Å²) in [7, 11) is 0. The van der Waals surface area contributed by atoms with E-state index < -0.39 is 0 Å². The van der Waals surface area contributed by atoms with Crippen molar-refractivity contribution in [2.75, 3.05) is 6.61 Å². The van der Waals surface area contributed by atoms with Gasteiger partial charge in [-0.05, 0) is 61.6 Å². The molecule has 0 saturated heterocycles. The highest BCUT2D eigenvalue weighted by molar-refractivity contribution is 5.66. The molecule has 1 aromatic heterocycles. The minimum atomic E-state index is -0.220. The Morgan fingerprint density at radius 3 is 2.27 bits per heavy atom. The minimum Gasteiger partial charge on any atom is -0.490 e. The van der Waals surface area contributed by atoms with Crippen LogP contribution in [0.2, 0.25) is 0 Å². The van der Waals surface area contributed by atoms with Gasteiger partial charge in [0.15, 0.2) is 5.82 Å². The summed E-state index contributed by atoms with van der Waals surface area (Å²) >= 11 is 0. The Kier molecular flexibility index (Phi) is 7.93. The maximum absolute atomic E-state index is 9.29. The van der Waals surface area contributed by atoms with E-state index >= 15 is 0 Å². The summed E-state index contributed by atoms with van der Waals surface area (Å²) in [5, 5.41) is 9.29. The van der Waals surface area contributed by atoms with Crippen molar-refractivity contribution in [2.45, 2.75) is 32.3 Å². The molecule has 1 unspecified atom stereocenters. The third-order valence-electron chi connectivity index (χ3n) is 4.68. The molecule has 154 valence electrons. The Bertz CT molecular complexity index is 944. The van der Waals surface area contributed by atoms with Crippen LogP contribution in [0.4, 0.5) is 0 Å². The fourth-order valence-corrected chi connectivity index (χ4v) is 3.02. The Morgan fingerprint density at radius 2 is 1.63 bits per heavy atom. The van der Waals surface area contributed by atoms with E-state index in [0.29, 0.717) is 12.4 Å². The number of benzene rings is 2. The molecule has 0 aliphatic carbocycles. The molecular formula is C26H28N2O2. The first-order valence-electron chi connectivity index (χ1n) is 10.3. The molecule has 30 heavy (non-hydrogen) atoms. The molecule has 3 aromatic rings. The van der Waals surface area contributed by atoms with Crippen LogP contribution in [0.3, 0.4) is 0 Å². The van der Waals surface area contributed by atoms with E-state index in [2.05, 4.69) is 53.0 Å². The van der Waals surface area contributed by atoms with Crippen LogP contribution in [-0.2, 0) is 0 Å². The lowest BCUT2D eigenvalue weighted by Crippen LogP contribution is -1.97. The van der Waals surface area contributed by atoms with Gasteiger partial charge in [-0.15, -0.1) is 0 Å². The Hall–Kier alpha value is -3.24. The molecule has 1 N–H and O–H groups in total. The first-order chi connectivity index (χ1) is 14.7. The second kappa shape index (κ2) is 11.1. The lowest BCUT2D eigenvalue weighted by Gasteiger charge is -2.06. The number of rotatable bonds is 10. The second-order valence-electron chi connectivity index (χ2n) is 7.22. The SMILES string of the molecule is C=CCOc1ccc(-c2ncc(-c3ccc(/C=C/CCCC(C)O)cc3)cn2)cc1. The van der Waals surface area contributed by atoms with Crippen molar-refractivity contribution in [1.82, 2.24) is 9.97 Å². The Morgan fingerprint density at radius 1 is 0.967 bits per heavy atom. The molecule has 0 spiro atoms. The number of aromatic nitrogens is 2. The fourth-order valence-electron chi connectivity index (χ4n) is 3.02. The summed E-state index contributed by atoms with van der Waals surface area (Å²) < 4.78 is 5.50. The van der Waals surface area contributed by atoms with Crippen molar-refractivity contribution >= 4 is 6.08 Å². The highest BCUT2D eigenvalue weighted by atomic mass is 16.5. The van der Waals surface area contributed by atoms with Crippen LogP contribution in [0.5, 0.6) is 5.75 Å². The molecule has 0 radical (unpaired) electrons. The van der Waals surface area contributed by atoms with Crippen molar-refractivity contribution in [1.29, 1.82) is 0 Å². The maximum Gasteiger partial charge on any atom is 0.159 e. The van der Waals surface area contributed by atoms with Gasteiger partial charge in [0.1, 0.15) is 12.4 Å². The van der Waals surface area contributed by atoms with Gasteiger partial charge >= 0.3 is 0 Å². The number of aliphatic hydroxyl groups excluding tert-OH is 1. The van der Waals surface area contributed by atoms with Crippen LogP contribution in [0, 0.1) is 0 Å². The molecule has 2 aromatic carbocycles. The molecule has 0 bridgehead atoms. The van der Waals surface area contributed by atoms with Gasteiger partial charge in [0.25, 0.3) is 0 Å². The van der Waals surface area contributed by atoms with Gasteiger partial charge in [-0.2, -0.15) is 0 Å². The van der Waals surface area contributed by atoms with Gasteiger partial charge in [-0.25, -0.2) is 9.97 Å². The van der Waals surface area contributed by atoms with Crippen LogP contribution >= 0.6 is 0 Å². The summed E-state index contributed by atoms with van der Waals surface area (Å²) in [6.45, 7) is 5.96. The van der Waals surface area contributed by atoms with Crippen LogP contribution in [-0.4, -0.2) is 27.8 Å². The van der Waals surface area contributed by atoms with Crippen molar-refractivity contribution in [3.63, 3.8) is 0 Å². The maximum atomic E-state index is 9.29. The smallest absolute Gasteiger partial charge is 0.159 e. The molecular weight excluding hydrogens is 372 g/mol. The monoisotopic (exact) mass is 400 g/mol. The number of hydrogen-bond acceptors (Lipinski definition) is 4. The summed E-state index contributed by atoms with van der Waals surface area (Å²) in [6.07, 6.45) is 12.3. The molecule has 0 fully saturated rings. The van der Waals surface area contributed by atoms with E-state index in [1.165, 1.54) is 0 Å². The van der Waals surface area contributed by atoms with Gasteiger partial charge in [-0.1, -0.05) is 49.1 Å². The fraction of sp³-hybridized carbons (Fsp3) is 0.231. The highest BCUT2D eigenvalue weighted by Crippen LogP contribution is 2.23. The topological polar surface area (TPSA) is 55.2 Å². The van der Waals surface area contributed by atoms with Gasteiger partial charge in [-0.3, -0.25) is 0 Å². The Labute approximate surface area is 178 Å². The number of aliphatic hydroxyl groups is 1. The molecule has 0 saturated carbocycles. The van der Waals surface area contributed by atoms with Gasteiger partial charge in [0.05, 0.1) is 6.10 Å². The number of unbranched alkanes of at least 4 members (excludes halogenated alkanes) is 1. The minimum absolute atomic E-state index is 0.220. The number of allylic oxidation sites excluding steroid dienone is 1. The van der Waals surface area contributed by atoms with E-state index in [4.69, 9.17) is 4.74 Å². The van der Waals surface area contributed by atoms with Gasteiger partial charge < -0.3 is 9.84 Å². The zero-order valence-electron chi connectivity index (χ0n) is 17.4. The first-order valence-corrected chi connectivity index (χ1v) is 10.3. The largest absolute Gasteiger partial charge is 0.490 e. The number of nitrogens with zero attached hydrogens (tertiary/aromatic N) is 2. The summed E-state index contributed by atoms with van der Waals surface area (Å²) in [4.78, 5) is 9.04. The number of hydrogen-bond donors (Lipinski definition) is 1. The first kappa shape index (κ1) is 21.5. The molecule has 4 nitrogen and oxygen atoms in total. The van der Waals surface area contributed by atoms with E-state index in [1.807, 2.05) is 43.6 Å². The summed E-state index contributed by atoms with van der Waals surface area (Å²) in [5.41, 5.74) is 4.17. The van der Waals surface area contributed by atoms with E-state index in [9.17, 15) is 5.11 Å². The average Bonchev–Trinajstić information content (AvgIpc) is 2.78. The summed E-state index contributed by atoms with van der Waals surface area (Å²) in [5.74, 6) is 1.48. The zero-order valence-corrected chi connectivity index (χ0v) is 17.4. The van der Waals surface area contributed by atoms with Crippen LogP contribution in [0.25, 0.3) is 28.6 Å². The standard InChI is InChI=1S/C26H28N2O2/c1-3-17-30-25-15-13-23(14-16-25)26-27-18-24(19-28-26)22-11-9-21(10-12-22)8-6-4-5-7-20(2)29/h3,6,8-16,18-20,29H,1,4-5,7,17H2,2H3/b8-6+. The molecule has 4 heteroatoms. The molecule has 0 aliphatic rings. The van der Waals surface area contributed by atoms with Crippen molar-refractivity contribution in [3.05, 3.63) is 85.2 Å². The van der Waals surface area contributed by atoms with Crippen molar-refractivity contribution < 1.29 is 9.84 Å². The van der Waals surface area contributed by atoms with Crippen molar-refractivity contribution in [3.8, 4) is 28.3 Å². The third kappa shape index (κ3) is 6.39. The predicted octanol–water partition coefficient (Wildman–Crippen LogP) is 5.94. The molecule has 1 heterocycles. The van der Waals surface area contributed by atoms with E-state index in [-0.39, 0.29) is 6.10 Å². The Balaban J connectivity index is 1.60. The molecule has 0 aliphatic heterocycles. The lowest BCUT2D eigenvalue weighted by molar-refractivity contribution is 0.182. The van der Waals surface area contributed by atoms with Crippen LogP contribution in [0.1, 0.15) is 31.7 Å².